The van der Waals surface area contributed by atoms with Crippen molar-refractivity contribution in [2.45, 2.75) is 50.8 Å². The highest BCUT2D eigenvalue weighted by Gasteiger charge is 2.34. The molecule has 1 amide bonds. The van der Waals surface area contributed by atoms with Crippen molar-refractivity contribution in [3.63, 3.8) is 0 Å². The highest BCUT2D eigenvalue weighted by Crippen LogP contribution is 2.27. The monoisotopic (exact) mass is 273 g/mol. The van der Waals surface area contributed by atoms with E-state index in [1.807, 2.05) is 11.8 Å². The molecule has 1 aliphatic carbocycles. The summed E-state index contributed by atoms with van der Waals surface area (Å²) in [5.41, 5.74) is 4.57. The van der Waals surface area contributed by atoms with E-state index in [0.29, 0.717) is 0 Å². The Morgan fingerprint density at radius 1 is 1.39 bits per heavy atom. The lowest BCUT2D eigenvalue weighted by Gasteiger charge is -2.31. The van der Waals surface area contributed by atoms with Crippen LogP contribution in [0.5, 0.6) is 0 Å². The molecular weight excluding hydrogens is 250 g/mol. The predicted molar refractivity (Wildman–Crippen MR) is 74.9 cm³/mol. The summed E-state index contributed by atoms with van der Waals surface area (Å²) in [7, 11) is 0. The van der Waals surface area contributed by atoms with Crippen LogP contribution >= 0.6 is 11.8 Å². The number of hydrogen-bond acceptors (Lipinski definition) is 4. The number of nitrogens with two attached hydrogens (primary N) is 1. The average Bonchev–Trinajstić information content (AvgIpc) is 2.38. The first-order chi connectivity index (χ1) is 8.41. The lowest BCUT2D eigenvalue weighted by molar-refractivity contribution is -0.127. The molecule has 0 aliphatic heterocycles. The van der Waals surface area contributed by atoms with Gasteiger partial charge in [-0.1, -0.05) is 5.16 Å². The van der Waals surface area contributed by atoms with Crippen molar-refractivity contribution in [3.8, 4) is 0 Å². The number of amides is 1. The summed E-state index contributed by atoms with van der Waals surface area (Å²) >= 11 is 1.90. The second kappa shape index (κ2) is 6.31. The van der Waals surface area contributed by atoms with Crippen LogP contribution in [0.1, 0.15) is 39.5 Å². The number of hydrogen-bond donors (Lipinski definition) is 3. The molecule has 0 aromatic heterocycles. The number of rotatable bonds is 4. The van der Waals surface area contributed by atoms with Crippen LogP contribution in [-0.4, -0.2) is 34.5 Å². The third-order valence-corrected chi connectivity index (χ3v) is 4.80. The quantitative estimate of drug-likeness (QED) is 0.314. The van der Waals surface area contributed by atoms with Crippen molar-refractivity contribution in [1.29, 1.82) is 0 Å². The summed E-state index contributed by atoms with van der Waals surface area (Å²) in [5, 5.41) is 15.3. The summed E-state index contributed by atoms with van der Waals surface area (Å²) in [6, 6.07) is 0.215. The maximum Gasteiger partial charge on any atom is 0.233 e. The summed E-state index contributed by atoms with van der Waals surface area (Å²) in [5.74, 6) is -0.233. The molecule has 0 bridgehead atoms. The van der Waals surface area contributed by atoms with Gasteiger partial charge in [-0.3, -0.25) is 4.79 Å². The molecule has 1 aliphatic rings. The number of oxime groups is 1. The SMILES string of the molecule is CSC1CCC(NC(=O)C(C)(C)C(N)=NO)CC1. The normalized spacial score (nSPS) is 25.8. The maximum atomic E-state index is 12.1. The maximum absolute atomic E-state index is 12.1. The molecular formula is C12H23N3O2S. The molecule has 0 saturated heterocycles. The molecule has 0 atom stereocenters. The summed E-state index contributed by atoms with van der Waals surface area (Å²) in [4.78, 5) is 12.1. The van der Waals surface area contributed by atoms with Gasteiger partial charge in [0.25, 0.3) is 0 Å². The van der Waals surface area contributed by atoms with E-state index in [1.54, 1.807) is 13.8 Å². The molecule has 1 rings (SSSR count). The molecule has 5 nitrogen and oxygen atoms in total. The molecule has 0 aromatic rings. The number of nitrogens with zero attached hydrogens (tertiary/aromatic N) is 1. The van der Waals surface area contributed by atoms with Crippen LogP contribution in [0.3, 0.4) is 0 Å². The van der Waals surface area contributed by atoms with Crippen molar-refractivity contribution in [1.82, 2.24) is 5.32 Å². The van der Waals surface area contributed by atoms with Crippen LogP contribution in [0.4, 0.5) is 0 Å². The summed E-state index contributed by atoms with van der Waals surface area (Å²) in [6.45, 7) is 3.32. The molecule has 0 heterocycles. The van der Waals surface area contributed by atoms with Gasteiger partial charge >= 0.3 is 0 Å². The van der Waals surface area contributed by atoms with Crippen molar-refractivity contribution in [2.24, 2.45) is 16.3 Å². The van der Waals surface area contributed by atoms with E-state index >= 15 is 0 Å². The first kappa shape index (κ1) is 15.1. The van der Waals surface area contributed by atoms with Gasteiger partial charge in [0.05, 0.1) is 0 Å². The molecule has 6 heteroatoms. The Kier molecular flexibility index (Phi) is 5.31. The van der Waals surface area contributed by atoms with Gasteiger partial charge in [-0.05, 0) is 45.8 Å². The first-order valence-electron chi connectivity index (χ1n) is 6.23. The second-order valence-electron chi connectivity index (χ2n) is 5.29. The van der Waals surface area contributed by atoms with E-state index < -0.39 is 5.41 Å². The number of carbonyl (C=O) groups excluding carboxylic acids is 1. The van der Waals surface area contributed by atoms with Crippen LogP contribution in [0, 0.1) is 5.41 Å². The smallest absolute Gasteiger partial charge is 0.233 e. The topological polar surface area (TPSA) is 87.7 Å². The zero-order chi connectivity index (χ0) is 13.8. The van der Waals surface area contributed by atoms with E-state index in [1.165, 1.54) is 0 Å². The van der Waals surface area contributed by atoms with Gasteiger partial charge in [0, 0.05) is 11.3 Å². The molecule has 0 radical (unpaired) electrons. The van der Waals surface area contributed by atoms with E-state index in [0.717, 1.165) is 30.9 Å². The number of amidine groups is 1. The summed E-state index contributed by atoms with van der Waals surface area (Å²) in [6.07, 6.45) is 6.41. The minimum Gasteiger partial charge on any atom is -0.409 e. The van der Waals surface area contributed by atoms with Gasteiger partial charge in [0.15, 0.2) is 5.84 Å². The summed E-state index contributed by atoms with van der Waals surface area (Å²) < 4.78 is 0. The number of thioether (sulfide) groups is 1. The van der Waals surface area contributed by atoms with Crippen LogP contribution < -0.4 is 11.1 Å². The van der Waals surface area contributed by atoms with Crippen molar-refractivity contribution >= 4 is 23.5 Å². The Morgan fingerprint density at radius 2 is 1.94 bits per heavy atom. The first-order valence-corrected chi connectivity index (χ1v) is 7.52. The largest absolute Gasteiger partial charge is 0.409 e. The van der Waals surface area contributed by atoms with Crippen LogP contribution in [0.2, 0.25) is 0 Å². The van der Waals surface area contributed by atoms with Crippen LogP contribution in [-0.2, 0) is 4.79 Å². The van der Waals surface area contributed by atoms with Gasteiger partial charge in [-0.2, -0.15) is 11.8 Å². The van der Waals surface area contributed by atoms with E-state index in [4.69, 9.17) is 10.9 Å². The van der Waals surface area contributed by atoms with Gasteiger partial charge in [0.1, 0.15) is 5.41 Å². The molecule has 104 valence electrons. The Balaban J connectivity index is 2.51. The van der Waals surface area contributed by atoms with Crippen LogP contribution in [0.25, 0.3) is 0 Å². The molecule has 4 N–H and O–H groups in total. The van der Waals surface area contributed by atoms with Gasteiger partial charge in [-0.15, -0.1) is 0 Å². The highest BCUT2D eigenvalue weighted by molar-refractivity contribution is 7.99. The lowest BCUT2D eigenvalue weighted by Crippen LogP contribution is -2.50. The third-order valence-electron chi connectivity index (χ3n) is 3.66. The molecule has 1 saturated carbocycles. The zero-order valence-corrected chi connectivity index (χ0v) is 12.1. The second-order valence-corrected chi connectivity index (χ2v) is 6.43. The van der Waals surface area contributed by atoms with Gasteiger partial charge in [-0.25, -0.2) is 0 Å². The highest BCUT2D eigenvalue weighted by atomic mass is 32.2. The Labute approximate surface area is 113 Å². The lowest BCUT2D eigenvalue weighted by atomic mass is 9.88. The molecule has 18 heavy (non-hydrogen) atoms. The molecule has 1 fully saturated rings. The average molecular weight is 273 g/mol. The Hall–Kier alpha value is -0.910. The van der Waals surface area contributed by atoms with Crippen LogP contribution in [0.15, 0.2) is 5.16 Å². The minimum absolute atomic E-state index is 0.0576. The van der Waals surface area contributed by atoms with Crippen molar-refractivity contribution < 1.29 is 10.0 Å². The van der Waals surface area contributed by atoms with E-state index in [-0.39, 0.29) is 17.8 Å². The number of carbonyl (C=O) groups is 1. The fourth-order valence-corrected chi connectivity index (χ4v) is 2.79. The van der Waals surface area contributed by atoms with E-state index in [2.05, 4.69) is 16.7 Å². The fourth-order valence-electron chi connectivity index (χ4n) is 2.05. The number of nitrogens with one attached hydrogen (secondary N) is 1. The fraction of sp³-hybridized carbons (Fsp3) is 0.833. The Bertz CT molecular complexity index is 323. The van der Waals surface area contributed by atoms with Gasteiger partial charge < -0.3 is 16.3 Å². The third kappa shape index (κ3) is 3.54. The molecule has 0 spiro atoms. The van der Waals surface area contributed by atoms with Gasteiger partial charge in [0.2, 0.25) is 5.91 Å². The standard InChI is InChI=1S/C12H23N3O2S/c1-12(2,10(13)15-17)11(16)14-8-4-6-9(18-3)7-5-8/h8-9,17H,4-7H2,1-3H3,(H2,13,15)(H,14,16). The zero-order valence-electron chi connectivity index (χ0n) is 11.3. The predicted octanol–water partition coefficient (Wildman–Crippen LogP) is 1.55. The van der Waals surface area contributed by atoms with Crippen molar-refractivity contribution in [3.05, 3.63) is 0 Å². The minimum atomic E-state index is -0.967. The Morgan fingerprint density at radius 3 is 2.39 bits per heavy atom. The van der Waals surface area contributed by atoms with Crippen molar-refractivity contribution in [2.75, 3.05) is 6.26 Å². The van der Waals surface area contributed by atoms with E-state index in [9.17, 15) is 4.79 Å². The molecule has 0 aromatic carbocycles. The molecule has 0 unspecified atom stereocenters.